The lowest BCUT2D eigenvalue weighted by Crippen LogP contribution is -2.43. The van der Waals surface area contributed by atoms with Crippen molar-refractivity contribution in [2.75, 3.05) is 18.0 Å². The smallest absolute Gasteiger partial charge is 0.350 e. The van der Waals surface area contributed by atoms with E-state index in [1.165, 1.54) is 0 Å². The molecule has 0 spiro atoms. The van der Waals surface area contributed by atoms with Gasteiger partial charge in [-0.15, -0.1) is 0 Å². The lowest BCUT2D eigenvalue weighted by molar-refractivity contribution is -0.171. The number of β-amino-alcohol motifs (C(OH)–C–C–N with tert-alkyl or cyclic N) is 1. The summed E-state index contributed by atoms with van der Waals surface area (Å²) in [5.74, 6) is 0.614. The number of aliphatic hydroxyl groups excluding tert-OH is 1. The molecule has 0 bridgehead atoms. The Morgan fingerprint density at radius 1 is 1.05 bits per heavy atom. The summed E-state index contributed by atoms with van der Waals surface area (Å²) in [6.45, 7) is 13.8. The summed E-state index contributed by atoms with van der Waals surface area (Å²) in [6, 6.07) is 13.4. The molecule has 0 amide bonds. The predicted octanol–water partition coefficient (Wildman–Crippen LogP) is 5.82. The Morgan fingerprint density at radius 2 is 1.72 bits per heavy atom. The van der Waals surface area contributed by atoms with Gasteiger partial charge >= 0.3 is 5.97 Å². The van der Waals surface area contributed by atoms with Crippen LogP contribution in [0.25, 0.3) is 17.0 Å². The van der Waals surface area contributed by atoms with Gasteiger partial charge in [0.1, 0.15) is 17.2 Å². The second-order valence-electron chi connectivity index (χ2n) is 11.7. The Balaban J connectivity index is 1.59. The van der Waals surface area contributed by atoms with Gasteiger partial charge in [0.05, 0.1) is 17.2 Å². The van der Waals surface area contributed by atoms with E-state index in [1.54, 1.807) is 26.0 Å². The van der Waals surface area contributed by atoms with Crippen LogP contribution < -0.4 is 9.64 Å². The maximum atomic E-state index is 13.4. The van der Waals surface area contributed by atoms with Crippen LogP contribution in [0.2, 0.25) is 0 Å². The van der Waals surface area contributed by atoms with Crippen LogP contribution >= 0.6 is 0 Å². The van der Waals surface area contributed by atoms with Gasteiger partial charge in [-0.3, -0.25) is 4.79 Å². The maximum absolute atomic E-state index is 13.4. The number of nitrogens with zero attached hydrogens (tertiary/aromatic N) is 2. The minimum Gasteiger partial charge on any atom is -0.476 e. The number of rotatable bonds is 7. The van der Waals surface area contributed by atoms with Gasteiger partial charge in [0.15, 0.2) is 11.4 Å². The van der Waals surface area contributed by atoms with E-state index in [0.29, 0.717) is 36.6 Å². The Kier molecular flexibility index (Phi) is 7.84. The number of ether oxygens (including phenoxy) is 2. The largest absolute Gasteiger partial charge is 0.476 e. The molecule has 1 aliphatic rings. The molecule has 1 saturated heterocycles. The summed E-state index contributed by atoms with van der Waals surface area (Å²) >= 11 is 0. The van der Waals surface area contributed by atoms with Gasteiger partial charge in [-0.05, 0) is 102 Å². The van der Waals surface area contributed by atoms with Crippen molar-refractivity contribution in [2.24, 2.45) is 0 Å². The summed E-state index contributed by atoms with van der Waals surface area (Å²) in [5.41, 5.74) is 2.07. The number of carbonyl (C=O) groups is 2. The number of pyridine rings is 1. The van der Waals surface area contributed by atoms with Crippen molar-refractivity contribution < 1.29 is 24.2 Å². The number of hydrogen-bond donors (Lipinski definition) is 1. The Morgan fingerprint density at radius 3 is 2.33 bits per heavy atom. The molecule has 7 nitrogen and oxygen atoms in total. The fourth-order valence-electron chi connectivity index (χ4n) is 4.66. The van der Waals surface area contributed by atoms with Crippen molar-refractivity contribution in [3.63, 3.8) is 0 Å². The molecular formula is C32H38N2O5. The van der Waals surface area contributed by atoms with E-state index in [9.17, 15) is 14.7 Å². The molecular weight excluding hydrogens is 492 g/mol. The zero-order valence-corrected chi connectivity index (χ0v) is 23.9. The van der Waals surface area contributed by atoms with Crippen LogP contribution in [-0.4, -0.2) is 52.2 Å². The van der Waals surface area contributed by atoms with E-state index in [1.807, 2.05) is 82.0 Å². The molecule has 0 saturated carbocycles. The molecule has 3 aromatic rings. The number of hydrogen-bond acceptors (Lipinski definition) is 7. The third-order valence-corrected chi connectivity index (χ3v) is 6.59. The summed E-state index contributed by atoms with van der Waals surface area (Å²) < 4.78 is 11.7. The number of para-hydroxylation sites is 1. The number of aliphatic hydroxyl groups is 1. The number of aryl methyl sites for hydroxylation is 2. The van der Waals surface area contributed by atoms with Crippen LogP contribution in [0.4, 0.5) is 5.82 Å². The van der Waals surface area contributed by atoms with E-state index >= 15 is 0 Å². The molecule has 2 heterocycles. The lowest BCUT2D eigenvalue weighted by atomic mass is 10.0. The first kappa shape index (κ1) is 28.3. The van der Waals surface area contributed by atoms with E-state index in [-0.39, 0.29) is 5.78 Å². The van der Waals surface area contributed by atoms with E-state index in [0.717, 1.165) is 27.6 Å². The van der Waals surface area contributed by atoms with E-state index < -0.39 is 23.3 Å². The molecule has 1 aromatic heterocycles. The molecule has 1 N–H and O–H groups in total. The van der Waals surface area contributed by atoms with Gasteiger partial charge in [0.2, 0.25) is 0 Å². The van der Waals surface area contributed by atoms with E-state index in [4.69, 9.17) is 14.5 Å². The topological polar surface area (TPSA) is 89.0 Å². The fraction of sp³-hybridized carbons (Fsp3) is 0.406. The molecule has 0 radical (unpaired) electrons. The molecule has 2 aromatic carbocycles. The molecule has 1 aliphatic heterocycles. The molecule has 1 atom stereocenters. The first-order valence-electron chi connectivity index (χ1n) is 13.3. The second kappa shape index (κ2) is 10.8. The van der Waals surface area contributed by atoms with Crippen LogP contribution in [0.15, 0.2) is 48.5 Å². The highest BCUT2D eigenvalue weighted by Gasteiger charge is 2.35. The van der Waals surface area contributed by atoms with Gasteiger partial charge in [0.25, 0.3) is 0 Å². The van der Waals surface area contributed by atoms with Crippen molar-refractivity contribution in [3.8, 4) is 5.75 Å². The molecule has 4 rings (SSSR count). The first-order chi connectivity index (χ1) is 18.2. The fourth-order valence-corrected chi connectivity index (χ4v) is 4.66. The minimum absolute atomic E-state index is 0.161. The van der Waals surface area contributed by atoms with Crippen LogP contribution in [0.1, 0.15) is 68.1 Å². The van der Waals surface area contributed by atoms with Gasteiger partial charge in [0, 0.05) is 18.5 Å². The average molecular weight is 531 g/mol. The minimum atomic E-state index is -1.17. The van der Waals surface area contributed by atoms with E-state index in [2.05, 4.69) is 0 Å². The molecule has 0 unspecified atom stereocenters. The lowest BCUT2D eigenvalue weighted by Gasteiger charge is -2.30. The second-order valence-corrected chi connectivity index (χ2v) is 11.7. The SMILES string of the molecule is Cc1cc(/C=C/C(=O)c2cc3ccccc3nc2N2CC[C@H](O)C2)cc(C)c1OC(C)(C)C(=O)OC(C)(C)C. The number of aromatic nitrogens is 1. The number of anilines is 1. The molecule has 1 fully saturated rings. The molecule has 7 heteroatoms. The van der Waals surface area contributed by atoms with Crippen LogP contribution in [0, 0.1) is 13.8 Å². The highest BCUT2D eigenvalue weighted by Crippen LogP contribution is 2.31. The quantitative estimate of drug-likeness (QED) is 0.234. The van der Waals surface area contributed by atoms with Gasteiger partial charge in [-0.25, -0.2) is 9.78 Å². The van der Waals surface area contributed by atoms with Crippen molar-refractivity contribution in [3.05, 3.63) is 70.8 Å². The first-order valence-corrected chi connectivity index (χ1v) is 13.3. The van der Waals surface area contributed by atoms with Crippen molar-refractivity contribution >= 4 is 34.5 Å². The number of fused-ring (bicyclic) bond motifs is 1. The number of esters is 1. The standard InChI is InChI=1S/C32H38N2O5/c1-20-16-22(17-21(2)28(20)38-32(6,7)30(37)39-31(3,4)5)12-13-27(36)25-18-23-10-8-9-11-26(23)33-29(25)34-15-14-24(35)19-34/h8-13,16-18,24,35H,14-15,19H2,1-7H3/b13-12+/t24-/m0/s1. The summed E-state index contributed by atoms with van der Waals surface area (Å²) in [5, 5.41) is 11.0. The maximum Gasteiger partial charge on any atom is 0.350 e. The van der Waals surface area contributed by atoms with Crippen LogP contribution in [0.3, 0.4) is 0 Å². The van der Waals surface area contributed by atoms with Crippen LogP contribution in [-0.2, 0) is 9.53 Å². The van der Waals surface area contributed by atoms with Gasteiger partial charge in [-0.2, -0.15) is 0 Å². The number of ketones is 1. The average Bonchev–Trinajstić information content (AvgIpc) is 3.29. The summed E-state index contributed by atoms with van der Waals surface area (Å²) in [6.07, 6.45) is 3.56. The Bertz CT molecular complexity index is 1410. The predicted molar refractivity (Wildman–Crippen MR) is 154 cm³/mol. The van der Waals surface area contributed by atoms with Crippen molar-refractivity contribution in [2.45, 2.75) is 72.2 Å². The number of carbonyl (C=O) groups excluding carboxylic acids is 2. The summed E-state index contributed by atoms with van der Waals surface area (Å²) in [4.78, 5) is 32.9. The molecule has 206 valence electrons. The molecule has 39 heavy (non-hydrogen) atoms. The van der Waals surface area contributed by atoms with Gasteiger partial charge < -0.3 is 19.5 Å². The Hall–Kier alpha value is -3.71. The van der Waals surface area contributed by atoms with Crippen molar-refractivity contribution in [1.82, 2.24) is 4.98 Å². The normalized spacial score (nSPS) is 16.2. The Labute approximate surface area is 230 Å². The van der Waals surface area contributed by atoms with Crippen molar-refractivity contribution in [1.29, 1.82) is 0 Å². The zero-order chi connectivity index (χ0) is 28.5. The highest BCUT2D eigenvalue weighted by atomic mass is 16.6. The third kappa shape index (κ3) is 6.66. The number of allylic oxidation sites excluding steroid dienone is 1. The van der Waals surface area contributed by atoms with Crippen LogP contribution in [0.5, 0.6) is 5.75 Å². The monoisotopic (exact) mass is 530 g/mol. The number of benzene rings is 2. The highest BCUT2D eigenvalue weighted by molar-refractivity contribution is 6.11. The zero-order valence-electron chi connectivity index (χ0n) is 23.9. The molecule has 0 aliphatic carbocycles. The summed E-state index contributed by atoms with van der Waals surface area (Å²) in [7, 11) is 0. The third-order valence-electron chi connectivity index (χ3n) is 6.59. The van der Waals surface area contributed by atoms with Gasteiger partial charge in [-0.1, -0.05) is 24.3 Å².